The van der Waals surface area contributed by atoms with Gasteiger partial charge in [0.25, 0.3) is 0 Å². The molecule has 0 unspecified atom stereocenters. The first kappa shape index (κ1) is 11.0. The zero-order valence-corrected chi connectivity index (χ0v) is 9.42. The zero-order chi connectivity index (χ0) is 9.84. The fraction of sp³-hybridized carbons (Fsp3) is 1.00. The van der Waals surface area contributed by atoms with Crippen LogP contribution in [-0.2, 0) is 4.74 Å². The Morgan fingerprint density at radius 3 is 2.46 bits per heavy atom. The molecule has 0 radical (unpaired) electrons. The summed E-state index contributed by atoms with van der Waals surface area (Å²) in [7, 11) is 0. The minimum atomic E-state index is 0.435. The monoisotopic (exact) mass is 185 g/mol. The summed E-state index contributed by atoms with van der Waals surface area (Å²) in [6, 6.07) is 0.656. The quantitative estimate of drug-likeness (QED) is 0.653. The van der Waals surface area contributed by atoms with Crippen LogP contribution in [0.2, 0.25) is 0 Å². The second-order valence-electron chi connectivity index (χ2n) is 4.60. The van der Waals surface area contributed by atoms with Crippen LogP contribution in [0.4, 0.5) is 0 Å². The van der Waals surface area contributed by atoms with Crippen molar-refractivity contribution in [2.45, 2.75) is 46.3 Å². The van der Waals surface area contributed by atoms with E-state index in [1.54, 1.807) is 0 Å². The number of nitrogens with zero attached hydrogens (tertiary/aromatic N) is 1. The molecular formula is C11H23NO. The average molecular weight is 185 g/mol. The van der Waals surface area contributed by atoms with Crippen LogP contribution in [0.5, 0.6) is 0 Å². The van der Waals surface area contributed by atoms with Crippen LogP contribution in [0.15, 0.2) is 0 Å². The molecule has 1 fully saturated rings. The lowest BCUT2D eigenvalue weighted by atomic mass is 10.1. The maximum Gasteiger partial charge on any atom is 0.0724 e. The van der Waals surface area contributed by atoms with E-state index < -0.39 is 0 Å². The van der Waals surface area contributed by atoms with Crippen LogP contribution in [0.3, 0.4) is 0 Å². The van der Waals surface area contributed by atoms with Crippen molar-refractivity contribution in [1.82, 2.24) is 4.90 Å². The molecule has 0 amide bonds. The summed E-state index contributed by atoms with van der Waals surface area (Å²) in [6.07, 6.45) is 1.62. The van der Waals surface area contributed by atoms with E-state index in [1.165, 1.54) is 13.0 Å². The Morgan fingerprint density at radius 1 is 1.23 bits per heavy atom. The summed E-state index contributed by atoms with van der Waals surface area (Å²) < 4.78 is 5.80. The van der Waals surface area contributed by atoms with Gasteiger partial charge in [-0.05, 0) is 26.2 Å². The highest BCUT2D eigenvalue weighted by Crippen LogP contribution is 2.14. The summed E-state index contributed by atoms with van der Waals surface area (Å²) >= 11 is 0. The van der Waals surface area contributed by atoms with Gasteiger partial charge >= 0.3 is 0 Å². The molecule has 0 spiro atoms. The van der Waals surface area contributed by atoms with Crippen LogP contribution >= 0.6 is 0 Å². The van der Waals surface area contributed by atoms with Crippen molar-refractivity contribution in [2.24, 2.45) is 5.92 Å². The van der Waals surface area contributed by atoms with E-state index in [4.69, 9.17) is 4.74 Å². The van der Waals surface area contributed by atoms with Crippen LogP contribution in [-0.4, -0.2) is 36.7 Å². The topological polar surface area (TPSA) is 12.5 Å². The van der Waals surface area contributed by atoms with Crippen LogP contribution < -0.4 is 0 Å². The predicted octanol–water partition coefficient (Wildman–Crippen LogP) is 2.14. The van der Waals surface area contributed by atoms with Crippen molar-refractivity contribution in [1.29, 1.82) is 0 Å². The van der Waals surface area contributed by atoms with Gasteiger partial charge in [-0.2, -0.15) is 0 Å². The number of ether oxygens (including phenoxy) is 1. The smallest absolute Gasteiger partial charge is 0.0724 e. The average Bonchev–Trinajstić information content (AvgIpc) is 2.28. The summed E-state index contributed by atoms with van der Waals surface area (Å²) in [5.74, 6) is 0.638. The molecule has 1 aliphatic heterocycles. The van der Waals surface area contributed by atoms with E-state index in [9.17, 15) is 0 Å². The molecule has 1 saturated heterocycles. The fourth-order valence-corrected chi connectivity index (χ4v) is 1.75. The molecule has 1 heterocycles. The Labute approximate surface area is 82.3 Å². The van der Waals surface area contributed by atoms with E-state index in [1.807, 2.05) is 0 Å². The normalized spacial score (nSPS) is 26.8. The van der Waals surface area contributed by atoms with Gasteiger partial charge in [0.2, 0.25) is 0 Å². The number of rotatable bonds is 2. The van der Waals surface area contributed by atoms with E-state index in [2.05, 4.69) is 32.6 Å². The molecule has 2 nitrogen and oxygen atoms in total. The first-order valence-corrected chi connectivity index (χ1v) is 5.47. The van der Waals surface area contributed by atoms with Gasteiger partial charge in [-0.15, -0.1) is 0 Å². The maximum atomic E-state index is 5.80. The van der Waals surface area contributed by atoms with Crippen molar-refractivity contribution in [3.05, 3.63) is 0 Å². The largest absolute Gasteiger partial charge is 0.377 e. The summed E-state index contributed by atoms with van der Waals surface area (Å²) in [5, 5.41) is 0. The summed E-state index contributed by atoms with van der Waals surface area (Å²) in [5.41, 5.74) is 0. The van der Waals surface area contributed by atoms with Gasteiger partial charge in [0.1, 0.15) is 0 Å². The van der Waals surface area contributed by atoms with Gasteiger partial charge in [0.15, 0.2) is 0 Å². The predicted molar refractivity (Wildman–Crippen MR) is 55.9 cm³/mol. The minimum Gasteiger partial charge on any atom is -0.377 e. The second kappa shape index (κ2) is 4.97. The summed E-state index contributed by atoms with van der Waals surface area (Å²) in [6.45, 7) is 12.3. The van der Waals surface area contributed by atoms with Crippen molar-refractivity contribution in [2.75, 3.05) is 19.7 Å². The second-order valence-corrected chi connectivity index (χ2v) is 4.60. The Bertz CT molecular complexity index is 129. The molecule has 13 heavy (non-hydrogen) atoms. The van der Waals surface area contributed by atoms with E-state index in [0.717, 1.165) is 13.2 Å². The van der Waals surface area contributed by atoms with Crippen molar-refractivity contribution >= 4 is 0 Å². The van der Waals surface area contributed by atoms with E-state index in [-0.39, 0.29) is 0 Å². The third-order valence-electron chi connectivity index (χ3n) is 2.81. The molecule has 2 heteroatoms. The molecule has 78 valence electrons. The molecule has 0 aromatic heterocycles. The van der Waals surface area contributed by atoms with Gasteiger partial charge in [-0.1, -0.05) is 13.8 Å². The third-order valence-corrected chi connectivity index (χ3v) is 2.81. The Balaban J connectivity index is 2.49. The first-order valence-electron chi connectivity index (χ1n) is 5.47. The lowest BCUT2D eigenvalue weighted by Crippen LogP contribution is -2.38. The minimum absolute atomic E-state index is 0.435. The Kier molecular flexibility index (Phi) is 4.20. The lowest BCUT2D eigenvalue weighted by Gasteiger charge is -2.28. The molecule has 0 aromatic rings. The third kappa shape index (κ3) is 3.28. The van der Waals surface area contributed by atoms with E-state index >= 15 is 0 Å². The number of hydrogen-bond acceptors (Lipinski definition) is 2. The molecule has 1 rings (SSSR count). The molecule has 0 aromatic carbocycles. The van der Waals surface area contributed by atoms with Crippen LogP contribution in [0.1, 0.15) is 34.1 Å². The standard InChI is InChI=1S/C11H23NO/c1-9(2)11-8-12(10(3)4)6-5-7-13-11/h9-11H,5-8H2,1-4H3/t11-/m0/s1. The highest BCUT2D eigenvalue weighted by atomic mass is 16.5. The van der Waals surface area contributed by atoms with Crippen molar-refractivity contribution < 1.29 is 4.74 Å². The SMILES string of the molecule is CC(C)[C@@H]1CN(C(C)C)CCCO1. The van der Waals surface area contributed by atoms with Crippen LogP contribution in [0.25, 0.3) is 0 Å². The first-order chi connectivity index (χ1) is 6.11. The highest BCUT2D eigenvalue weighted by molar-refractivity contribution is 4.74. The van der Waals surface area contributed by atoms with E-state index in [0.29, 0.717) is 18.1 Å². The molecule has 0 saturated carbocycles. The van der Waals surface area contributed by atoms with Gasteiger partial charge in [-0.25, -0.2) is 0 Å². The Morgan fingerprint density at radius 2 is 1.92 bits per heavy atom. The fourth-order valence-electron chi connectivity index (χ4n) is 1.75. The Hall–Kier alpha value is -0.0800. The molecular weight excluding hydrogens is 162 g/mol. The molecule has 1 aliphatic rings. The maximum absolute atomic E-state index is 5.80. The van der Waals surface area contributed by atoms with Crippen LogP contribution in [0, 0.1) is 5.92 Å². The molecule has 0 aliphatic carbocycles. The number of hydrogen-bond donors (Lipinski definition) is 0. The van der Waals surface area contributed by atoms with Crippen molar-refractivity contribution in [3.63, 3.8) is 0 Å². The van der Waals surface area contributed by atoms with Gasteiger partial charge in [-0.3, -0.25) is 4.90 Å². The van der Waals surface area contributed by atoms with Gasteiger partial charge in [0.05, 0.1) is 6.10 Å². The lowest BCUT2D eigenvalue weighted by molar-refractivity contribution is 0.0195. The van der Waals surface area contributed by atoms with Gasteiger partial charge in [0, 0.05) is 25.7 Å². The summed E-state index contributed by atoms with van der Waals surface area (Å²) in [4.78, 5) is 2.53. The molecule has 0 N–H and O–H groups in total. The highest BCUT2D eigenvalue weighted by Gasteiger charge is 2.22. The van der Waals surface area contributed by atoms with Crippen molar-refractivity contribution in [3.8, 4) is 0 Å². The van der Waals surface area contributed by atoms with Gasteiger partial charge < -0.3 is 4.74 Å². The molecule has 0 bridgehead atoms. The molecule has 1 atom stereocenters. The zero-order valence-electron chi connectivity index (χ0n) is 9.42.